The van der Waals surface area contributed by atoms with E-state index in [1.54, 1.807) is 18.4 Å². The quantitative estimate of drug-likeness (QED) is 0.545. The molecule has 1 aromatic carbocycles. The van der Waals surface area contributed by atoms with E-state index < -0.39 is 0 Å². The lowest BCUT2D eigenvalue weighted by Gasteiger charge is -2.37. The van der Waals surface area contributed by atoms with Crippen molar-refractivity contribution < 1.29 is 18.3 Å². The monoisotopic (exact) mass is 443 g/mol. The summed E-state index contributed by atoms with van der Waals surface area (Å²) in [6.45, 7) is 6.88. The first-order chi connectivity index (χ1) is 15.6. The van der Waals surface area contributed by atoms with Gasteiger partial charge in [-0.25, -0.2) is 9.37 Å². The highest BCUT2D eigenvalue weighted by atomic mass is 19.1. The molecule has 32 heavy (non-hydrogen) atoms. The Labute approximate surface area is 187 Å². The maximum Gasteiger partial charge on any atom is 0.251 e. The molecular formula is C23H30FN5O3. The number of benzene rings is 1. The van der Waals surface area contributed by atoms with Gasteiger partial charge in [0.15, 0.2) is 5.96 Å². The Bertz CT molecular complexity index is 916. The first-order valence-electron chi connectivity index (χ1n) is 11.3. The van der Waals surface area contributed by atoms with Crippen LogP contribution in [0.3, 0.4) is 0 Å². The Morgan fingerprint density at radius 1 is 1.22 bits per heavy atom. The number of guanidine groups is 1. The number of halogens is 1. The standard InChI is InChI=1S/C23H30FN5O3/c1-2-25-23(29-13-11-28(12-14-29)22(30)20-4-3-15-31-20)26-10-9-19-16-32-21(27-19)17-5-7-18(24)8-6-17/h5-8,16,20H,2-4,9-15H2,1H3,(H,25,26). The van der Waals surface area contributed by atoms with Gasteiger partial charge >= 0.3 is 0 Å². The number of amides is 1. The molecule has 0 spiro atoms. The molecule has 1 N–H and O–H groups in total. The summed E-state index contributed by atoms with van der Waals surface area (Å²) in [5.41, 5.74) is 1.54. The van der Waals surface area contributed by atoms with Gasteiger partial charge in [-0.1, -0.05) is 0 Å². The average Bonchev–Trinajstić information content (AvgIpc) is 3.51. The number of piperazine rings is 1. The molecule has 1 unspecified atom stereocenters. The Kier molecular flexibility index (Phi) is 7.36. The molecular weight excluding hydrogens is 413 g/mol. The zero-order valence-corrected chi connectivity index (χ0v) is 18.4. The predicted octanol–water partition coefficient (Wildman–Crippen LogP) is 2.31. The molecule has 0 radical (unpaired) electrons. The van der Waals surface area contributed by atoms with E-state index in [0.717, 1.165) is 49.7 Å². The zero-order chi connectivity index (χ0) is 22.3. The lowest BCUT2D eigenvalue weighted by molar-refractivity contribution is -0.142. The van der Waals surface area contributed by atoms with Crippen LogP contribution in [0.25, 0.3) is 11.5 Å². The van der Waals surface area contributed by atoms with E-state index in [2.05, 4.69) is 15.2 Å². The number of hydrogen-bond acceptors (Lipinski definition) is 5. The van der Waals surface area contributed by atoms with Crippen molar-refractivity contribution in [2.24, 2.45) is 4.99 Å². The lowest BCUT2D eigenvalue weighted by atomic mass is 10.2. The summed E-state index contributed by atoms with van der Waals surface area (Å²) >= 11 is 0. The van der Waals surface area contributed by atoms with E-state index >= 15 is 0 Å². The third kappa shape index (κ3) is 5.45. The highest BCUT2D eigenvalue weighted by Crippen LogP contribution is 2.19. The molecule has 1 aromatic heterocycles. The molecule has 8 nitrogen and oxygen atoms in total. The van der Waals surface area contributed by atoms with E-state index in [1.165, 1.54) is 12.1 Å². The fraction of sp³-hybridized carbons (Fsp3) is 0.522. The number of aliphatic imine (C=N–C) groups is 1. The van der Waals surface area contributed by atoms with Crippen molar-refractivity contribution in [2.45, 2.75) is 32.3 Å². The van der Waals surface area contributed by atoms with Gasteiger partial charge in [-0.15, -0.1) is 0 Å². The van der Waals surface area contributed by atoms with Gasteiger partial charge in [-0.3, -0.25) is 9.79 Å². The highest BCUT2D eigenvalue weighted by Gasteiger charge is 2.30. The van der Waals surface area contributed by atoms with Gasteiger partial charge in [0.25, 0.3) is 5.91 Å². The minimum atomic E-state index is -0.289. The number of hydrogen-bond donors (Lipinski definition) is 1. The number of ether oxygens (including phenoxy) is 1. The van der Waals surface area contributed by atoms with Crippen molar-refractivity contribution in [3.05, 3.63) is 42.0 Å². The van der Waals surface area contributed by atoms with Crippen LogP contribution in [0.15, 0.2) is 39.9 Å². The van der Waals surface area contributed by atoms with Crippen LogP contribution in [-0.2, 0) is 16.0 Å². The van der Waals surface area contributed by atoms with Crippen LogP contribution < -0.4 is 5.32 Å². The normalized spacial score (nSPS) is 19.4. The van der Waals surface area contributed by atoms with Gasteiger partial charge in [-0.05, 0) is 44.0 Å². The minimum Gasteiger partial charge on any atom is -0.444 e. The Balaban J connectivity index is 1.30. The molecule has 2 saturated heterocycles. The van der Waals surface area contributed by atoms with Crippen molar-refractivity contribution in [3.63, 3.8) is 0 Å². The number of nitrogens with zero attached hydrogens (tertiary/aromatic N) is 4. The van der Waals surface area contributed by atoms with Gasteiger partial charge in [-0.2, -0.15) is 0 Å². The lowest BCUT2D eigenvalue weighted by Crippen LogP contribution is -2.55. The summed E-state index contributed by atoms with van der Waals surface area (Å²) in [4.78, 5) is 25.9. The first kappa shape index (κ1) is 22.3. The molecule has 0 aliphatic carbocycles. The second kappa shape index (κ2) is 10.6. The largest absolute Gasteiger partial charge is 0.444 e. The van der Waals surface area contributed by atoms with Crippen LogP contribution in [0, 0.1) is 5.82 Å². The van der Waals surface area contributed by atoms with E-state index in [0.29, 0.717) is 38.6 Å². The smallest absolute Gasteiger partial charge is 0.251 e. The molecule has 3 heterocycles. The summed E-state index contributed by atoms with van der Waals surface area (Å²) in [5, 5.41) is 3.34. The fourth-order valence-electron chi connectivity index (χ4n) is 3.96. The van der Waals surface area contributed by atoms with Crippen molar-refractivity contribution >= 4 is 11.9 Å². The summed E-state index contributed by atoms with van der Waals surface area (Å²) < 4.78 is 24.2. The van der Waals surface area contributed by atoms with E-state index in [-0.39, 0.29) is 17.8 Å². The molecule has 2 aliphatic rings. The third-order valence-corrected chi connectivity index (χ3v) is 5.70. The zero-order valence-electron chi connectivity index (χ0n) is 18.4. The predicted molar refractivity (Wildman–Crippen MR) is 119 cm³/mol. The number of rotatable bonds is 6. The van der Waals surface area contributed by atoms with Gasteiger partial charge in [0.05, 0.1) is 5.69 Å². The molecule has 2 aliphatic heterocycles. The van der Waals surface area contributed by atoms with E-state index in [4.69, 9.17) is 14.1 Å². The number of aromatic nitrogens is 1. The SMILES string of the molecule is CCNC(=NCCc1coc(-c2ccc(F)cc2)n1)N1CCN(C(=O)C2CCCO2)CC1. The van der Waals surface area contributed by atoms with Gasteiger partial charge in [0, 0.05) is 57.9 Å². The summed E-state index contributed by atoms with van der Waals surface area (Å²) in [6.07, 6.45) is 3.79. The molecule has 1 amide bonds. The Morgan fingerprint density at radius 3 is 2.66 bits per heavy atom. The molecule has 0 saturated carbocycles. The topological polar surface area (TPSA) is 83.2 Å². The van der Waals surface area contributed by atoms with Crippen molar-refractivity contribution in [1.82, 2.24) is 20.1 Å². The number of carbonyl (C=O) groups is 1. The average molecular weight is 444 g/mol. The second-order valence-electron chi connectivity index (χ2n) is 7.95. The Morgan fingerprint density at radius 2 is 1.97 bits per heavy atom. The molecule has 9 heteroatoms. The van der Waals surface area contributed by atoms with Crippen LogP contribution in [0.5, 0.6) is 0 Å². The summed E-state index contributed by atoms with van der Waals surface area (Å²) in [5.74, 6) is 1.15. The summed E-state index contributed by atoms with van der Waals surface area (Å²) in [7, 11) is 0. The molecule has 4 rings (SSSR count). The number of nitrogens with one attached hydrogen (secondary N) is 1. The fourth-order valence-corrected chi connectivity index (χ4v) is 3.96. The van der Waals surface area contributed by atoms with Gasteiger partial charge < -0.3 is 24.3 Å². The van der Waals surface area contributed by atoms with Crippen LogP contribution >= 0.6 is 0 Å². The molecule has 2 fully saturated rings. The van der Waals surface area contributed by atoms with Gasteiger partial charge in [0.2, 0.25) is 5.89 Å². The summed E-state index contributed by atoms with van der Waals surface area (Å²) in [6, 6.07) is 6.08. The van der Waals surface area contributed by atoms with Gasteiger partial charge in [0.1, 0.15) is 18.2 Å². The minimum absolute atomic E-state index is 0.118. The second-order valence-corrected chi connectivity index (χ2v) is 7.95. The van der Waals surface area contributed by atoms with Crippen molar-refractivity contribution in [3.8, 4) is 11.5 Å². The maximum absolute atomic E-state index is 13.1. The van der Waals surface area contributed by atoms with Crippen LogP contribution in [-0.4, -0.2) is 78.6 Å². The Hall–Kier alpha value is -2.94. The number of oxazole rings is 1. The maximum atomic E-state index is 13.1. The highest BCUT2D eigenvalue weighted by molar-refractivity contribution is 5.82. The van der Waals surface area contributed by atoms with Crippen LogP contribution in [0.1, 0.15) is 25.5 Å². The van der Waals surface area contributed by atoms with Crippen LogP contribution in [0.2, 0.25) is 0 Å². The molecule has 1 atom stereocenters. The van der Waals surface area contributed by atoms with Crippen molar-refractivity contribution in [2.75, 3.05) is 45.9 Å². The number of carbonyl (C=O) groups excluding carboxylic acids is 1. The van der Waals surface area contributed by atoms with Crippen molar-refractivity contribution in [1.29, 1.82) is 0 Å². The van der Waals surface area contributed by atoms with Crippen LogP contribution in [0.4, 0.5) is 4.39 Å². The molecule has 2 aromatic rings. The van der Waals surface area contributed by atoms with E-state index in [9.17, 15) is 9.18 Å². The molecule has 172 valence electrons. The molecule has 0 bridgehead atoms. The first-order valence-corrected chi connectivity index (χ1v) is 11.3. The van der Waals surface area contributed by atoms with E-state index in [1.807, 2.05) is 11.8 Å². The third-order valence-electron chi connectivity index (χ3n) is 5.70.